The first-order valence-electron chi connectivity index (χ1n) is 6.51. The lowest BCUT2D eigenvalue weighted by atomic mass is 10.1. The van der Waals surface area contributed by atoms with Crippen LogP contribution in [0.3, 0.4) is 0 Å². The highest BCUT2D eigenvalue weighted by Gasteiger charge is 2.41. The summed E-state index contributed by atoms with van der Waals surface area (Å²) in [4.78, 5) is 0. The Bertz CT molecular complexity index is 447. The van der Waals surface area contributed by atoms with E-state index in [1.165, 1.54) is 0 Å². The Morgan fingerprint density at radius 3 is 1.82 bits per heavy atom. The van der Waals surface area contributed by atoms with Crippen molar-refractivity contribution in [1.29, 1.82) is 0 Å². The van der Waals surface area contributed by atoms with Crippen LogP contribution in [0.15, 0.2) is 18.2 Å². The molecule has 0 unspecified atom stereocenters. The topological polar surface area (TPSA) is 18.5 Å². The van der Waals surface area contributed by atoms with Crippen molar-refractivity contribution in [3.63, 3.8) is 0 Å². The molecule has 1 aromatic carbocycles. The Hall–Kier alpha value is -1.44. The summed E-state index contributed by atoms with van der Waals surface area (Å²) >= 11 is 0. The largest absolute Gasteiger partial charge is 0.490 e. The lowest BCUT2D eigenvalue weighted by Gasteiger charge is -2.19. The van der Waals surface area contributed by atoms with Gasteiger partial charge in [-0.15, -0.1) is 0 Å². The molecule has 0 aromatic heterocycles. The molecule has 1 aromatic rings. The third kappa shape index (κ3) is 5.40. The minimum Gasteiger partial charge on any atom is -0.490 e. The average molecular weight is 330 g/mol. The second-order valence-electron chi connectivity index (χ2n) is 4.99. The molecular formula is C14H16F6O2. The summed E-state index contributed by atoms with van der Waals surface area (Å²) in [5.74, 6) is -1.01. The lowest BCUT2D eigenvalue weighted by Crippen LogP contribution is -2.17. The number of halogens is 6. The highest BCUT2D eigenvalue weighted by molar-refractivity contribution is 5.44. The molecule has 22 heavy (non-hydrogen) atoms. The molecule has 0 spiro atoms. The van der Waals surface area contributed by atoms with E-state index in [9.17, 15) is 26.3 Å². The zero-order chi connectivity index (χ0) is 17.0. The van der Waals surface area contributed by atoms with Gasteiger partial charge in [0, 0.05) is 6.61 Å². The second-order valence-corrected chi connectivity index (χ2v) is 4.99. The highest BCUT2D eigenvalue weighted by atomic mass is 19.4. The van der Waals surface area contributed by atoms with Crippen LogP contribution < -0.4 is 4.74 Å². The molecule has 0 atom stereocenters. The molecule has 0 N–H and O–H groups in total. The van der Waals surface area contributed by atoms with E-state index in [1.807, 2.05) is 13.8 Å². The highest BCUT2D eigenvalue weighted by Crippen LogP contribution is 2.43. The SMILES string of the molecule is CC(C)COCCOc1c(C(F)(F)F)cccc1C(F)(F)F. The summed E-state index contributed by atoms with van der Waals surface area (Å²) < 4.78 is 86.7. The zero-order valence-electron chi connectivity index (χ0n) is 12.0. The van der Waals surface area contributed by atoms with Crippen LogP contribution in [0, 0.1) is 5.92 Å². The van der Waals surface area contributed by atoms with Gasteiger partial charge in [0.1, 0.15) is 12.4 Å². The Balaban J connectivity index is 2.94. The standard InChI is InChI=1S/C14H16F6O2/c1-9(2)8-21-6-7-22-12-10(13(15,16)17)4-3-5-11(12)14(18,19)20/h3-5,9H,6-8H2,1-2H3. The molecule has 8 heteroatoms. The van der Waals surface area contributed by atoms with Crippen molar-refractivity contribution in [3.8, 4) is 5.75 Å². The first-order chi connectivity index (χ1) is 10.0. The predicted molar refractivity (Wildman–Crippen MR) is 67.6 cm³/mol. The summed E-state index contributed by atoms with van der Waals surface area (Å²) in [6, 6.07) is 1.81. The number of rotatable bonds is 6. The summed E-state index contributed by atoms with van der Waals surface area (Å²) in [6.45, 7) is 3.57. The Morgan fingerprint density at radius 1 is 0.909 bits per heavy atom. The molecule has 0 radical (unpaired) electrons. The van der Waals surface area contributed by atoms with E-state index >= 15 is 0 Å². The van der Waals surface area contributed by atoms with Gasteiger partial charge in [-0.1, -0.05) is 19.9 Å². The third-order valence-electron chi connectivity index (χ3n) is 2.55. The molecule has 0 heterocycles. The van der Waals surface area contributed by atoms with Gasteiger partial charge in [0.05, 0.1) is 17.7 Å². The second kappa shape index (κ2) is 7.21. The maximum atomic E-state index is 12.8. The predicted octanol–water partition coefficient (Wildman–Crippen LogP) is 4.78. The average Bonchev–Trinajstić information content (AvgIpc) is 2.35. The van der Waals surface area contributed by atoms with E-state index in [0.29, 0.717) is 24.8 Å². The Kier molecular flexibility index (Phi) is 6.10. The number of alkyl halides is 6. The van der Waals surface area contributed by atoms with Crippen LogP contribution in [0.25, 0.3) is 0 Å². The quantitative estimate of drug-likeness (QED) is 0.552. The van der Waals surface area contributed by atoms with Gasteiger partial charge >= 0.3 is 12.4 Å². The zero-order valence-corrected chi connectivity index (χ0v) is 12.0. The molecule has 126 valence electrons. The van der Waals surface area contributed by atoms with Crippen LogP contribution in [0.5, 0.6) is 5.75 Å². The van der Waals surface area contributed by atoms with Gasteiger partial charge in [-0.25, -0.2) is 0 Å². The number of hydrogen-bond donors (Lipinski definition) is 0. The molecule has 0 amide bonds. The Labute approximate surface area is 124 Å². The van der Waals surface area contributed by atoms with Crippen molar-refractivity contribution in [2.45, 2.75) is 26.2 Å². The van der Waals surface area contributed by atoms with Crippen LogP contribution in [0.2, 0.25) is 0 Å². The lowest BCUT2D eigenvalue weighted by molar-refractivity contribution is -0.145. The molecule has 2 nitrogen and oxygen atoms in total. The monoisotopic (exact) mass is 330 g/mol. The molecule has 0 aliphatic rings. The molecule has 0 saturated heterocycles. The normalized spacial score (nSPS) is 12.8. The van der Waals surface area contributed by atoms with E-state index in [0.717, 1.165) is 0 Å². The fourth-order valence-electron chi connectivity index (χ4n) is 1.66. The van der Waals surface area contributed by atoms with Gasteiger partial charge in [0.15, 0.2) is 0 Å². The van der Waals surface area contributed by atoms with E-state index in [4.69, 9.17) is 9.47 Å². The first kappa shape index (κ1) is 18.6. The van der Waals surface area contributed by atoms with Crippen molar-refractivity contribution in [1.82, 2.24) is 0 Å². The molecule has 0 fully saturated rings. The van der Waals surface area contributed by atoms with Crippen molar-refractivity contribution in [2.75, 3.05) is 19.8 Å². The number of benzene rings is 1. The third-order valence-corrected chi connectivity index (χ3v) is 2.55. The van der Waals surface area contributed by atoms with E-state index in [2.05, 4.69) is 0 Å². The molecular weight excluding hydrogens is 314 g/mol. The van der Waals surface area contributed by atoms with E-state index in [1.54, 1.807) is 0 Å². The summed E-state index contributed by atoms with van der Waals surface area (Å²) in [5.41, 5.74) is -2.91. The van der Waals surface area contributed by atoms with Crippen LogP contribution >= 0.6 is 0 Å². The van der Waals surface area contributed by atoms with E-state index < -0.39 is 35.8 Å². The van der Waals surface area contributed by atoms with Gasteiger partial charge in [-0.2, -0.15) is 26.3 Å². The summed E-state index contributed by atoms with van der Waals surface area (Å²) in [5, 5.41) is 0. The molecule has 0 aliphatic heterocycles. The molecule has 0 aliphatic carbocycles. The summed E-state index contributed by atoms with van der Waals surface area (Å²) in [7, 11) is 0. The number of hydrogen-bond acceptors (Lipinski definition) is 2. The minimum atomic E-state index is -4.94. The fraction of sp³-hybridized carbons (Fsp3) is 0.571. The molecule has 0 bridgehead atoms. The van der Waals surface area contributed by atoms with Crippen LogP contribution in [-0.2, 0) is 17.1 Å². The Morgan fingerprint density at radius 2 is 1.41 bits per heavy atom. The van der Waals surface area contributed by atoms with Gasteiger partial charge in [-0.05, 0) is 18.1 Å². The molecule has 0 saturated carbocycles. The first-order valence-corrected chi connectivity index (χ1v) is 6.51. The van der Waals surface area contributed by atoms with Crippen LogP contribution in [-0.4, -0.2) is 19.8 Å². The van der Waals surface area contributed by atoms with Crippen molar-refractivity contribution < 1.29 is 35.8 Å². The van der Waals surface area contributed by atoms with Gasteiger partial charge in [0.2, 0.25) is 0 Å². The van der Waals surface area contributed by atoms with Crippen molar-refractivity contribution in [3.05, 3.63) is 29.3 Å². The smallest absolute Gasteiger partial charge is 0.419 e. The maximum absolute atomic E-state index is 12.8. The number of para-hydroxylation sites is 1. The van der Waals surface area contributed by atoms with Crippen LogP contribution in [0.4, 0.5) is 26.3 Å². The van der Waals surface area contributed by atoms with E-state index in [-0.39, 0.29) is 12.5 Å². The van der Waals surface area contributed by atoms with Gasteiger partial charge in [-0.3, -0.25) is 0 Å². The van der Waals surface area contributed by atoms with Gasteiger partial charge < -0.3 is 9.47 Å². The number of ether oxygens (including phenoxy) is 2. The van der Waals surface area contributed by atoms with Crippen LogP contribution in [0.1, 0.15) is 25.0 Å². The minimum absolute atomic E-state index is 0.0956. The van der Waals surface area contributed by atoms with Crippen molar-refractivity contribution >= 4 is 0 Å². The molecule has 1 rings (SSSR count). The maximum Gasteiger partial charge on any atom is 0.419 e. The van der Waals surface area contributed by atoms with Crippen molar-refractivity contribution in [2.24, 2.45) is 5.92 Å². The summed E-state index contributed by atoms with van der Waals surface area (Å²) in [6.07, 6.45) is -9.87. The van der Waals surface area contributed by atoms with Gasteiger partial charge in [0.25, 0.3) is 0 Å². The fourth-order valence-corrected chi connectivity index (χ4v) is 1.66.